The second-order valence-corrected chi connectivity index (χ2v) is 6.48. The van der Waals surface area contributed by atoms with E-state index in [0.717, 1.165) is 25.0 Å². The Morgan fingerprint density at radius 3 is 2.91 bits per heavy atom. The molecule has 2 rings (SSSR count). The molecule has 0 radical (unpaired) electrons. The number of amides is 1. The number of aryl methyl sites for hydroxylation is 1. The predicted molar refractivity (Wildman–Crippen MR) is 80.3 cm³/mol. The molecule has 22 heavy (non-hydrogen) atoms. The Hall–Kier alpha value is -1.49. The summed E-state index contributed by atoms with van der Waals surface area (Å²) in [5.74, 6) is -0.867. The van der Waals surface area contributed by atoms with E-state index in [0.29, 0.717) is 37.9 Å². The monoisotopic (exact) mass is 311 g/mol. The van der Waals surface area contributed by atoms with E-state index in [2.05, 4.69) is 0 Å². The number of halogens is 2. The molecule has 1 aliphatic heterocycles. The third-order valence-electron chi connectivity index (χ3n) is 4.36. The Balaban J connectivity index is 1.84. The minimum atomic E-state index is -0.461. The smallest absolute Gasteiger partial charge is 0.222 e. The second-order valence-electron chi connectivity index (χ2n) is 6.48. The van der Waals surface area contributed by atoms with Crippen molar-refractivity contribution >= 4 is 5.91 Å². The molecule has 0 aromatic heterocycles. The number of hydrogen-bond donors (Lipinski definition) is 1. The number of aliphatic hydroxyl groups is 1. The molecule has 1 atom stereocenters. The highest BCUT2D eigenvalue weighted by Crippen LogP contribution is 2.29. The Labute approximate surface area is 129 Å². The number of benzene rings is 1. The van der Waals surface area contributed by atoms with Gasteiger partial charge < -0.3 is 10.0 Å². The maximum absolute atomic E-state index is 13.5. The number of piperidine rings is 1. The van der Waals surface area contributed by atoms with Crippen LogP contribution in [-0.2, 0) is 11.2 Å². The van der Waals surface area contributed by atoms with E-state index in [9.17, 15) is 18.7 Å². The molecule has 1 amide bonds. The minimum Gasteiger partial charge on any atom is -0.396 e. The van der Waals surface area contributed by atoms with Crippen LogP contribution >= 0.6 is 0 Å². The zero-order chi connectivity index (χ0) is 16.2. The molecule has 0 aliphatic carbocycles. The van der Waals surface area contributed by atoms with Crippen LogP contribution in [0.25, 0.3) is 0 Å². The number of likely N-dealkylation sites (tertiary alicyclic amines) is 1. The van der Waals surface area contributed by atoms with E-state index in [-0.39, 0.29) is 17.9 Å². The van der Waals surface area contributed by atoms with Crippen LogP contribution in [0.2, 0.25) is 0 Å². The van der Waals surface area contributed by atoms with Gasteiger partial charge in [0.15, 0.2) is 0 Å². The molecule has 1 aromatic carbocycles. The molecule has 1 N–H and O–H groups in total. The van der Waals surface area contributed by atoms with Crippen molar-refractivity contribution in [1.29, 1.82) is 0 Å². The minimum absolute atomic E-state index is 0.0242. The summed E-state index contributed by atoms with van der Waals surface area (Å²) >= 11 is 0. The first-order valence-electron chi connectivity index (χ1n) is 7.76. The molecule has 3 nitrogen and oxygen atoms in total. The number of hydrogen-bond acceptors (Lipinski definition) is 2. The number of aliphatic hydroxyl groups excluding tert-OH is 1. The zero-order valence-electron chi connectivity index (χ0n) is 12.9. The molecule has 122 valence electrons. The molecular weight excluding hydrogens is 288 g/mol. The zero-order valence-corrected chi connectivity index (χ0v) is 12.9. The average molecular weight is 311 g/mol. The third-order valence-corrected chi connectivity index (χ3v) is 4.36. The quantitative estimate of drug-likeness (QED) is 0.908. The van der Waals surface area contributed by atoms with Gasteiger partial charge in [0.05, 0.1) is 6.61 Å². The van der Waals surface area contributed by atoms with Crippen molar-refractivity contribution in [3.05, 3.63) is 35.4 Å². The molecule has 1 aromatic rings. The van der Waals surface area contributed by atoms with Gasteiger partial charge in [-0.15, -0.1) is 0 Å². The first-order valence-corrected chi connectivity index (χ1v) is 7.76. The molecule has 1 saturated heterocycles. The van der Waals surface area contributed by atoms with Crippen LogP contribution < -0.4 is 0 Å². The number of nitrogens with zero attached hydrogens (tertiary/aromatic N) is 1. The first-order chi connectivity index (χ1) is 10.4. The van der Waals surface area contributed by atoms with Crippen LogP contribution in [0.4, 0.5) is 8.78 Å². The predicted octanol–water partition coefficient (Wildman–Crippen LogP) is 2.91. The lowest BCUT2D eigenvalue weighted by Gasteiger charge is -2.39. The van der Waals surface area contributed by atoms with Gasteiger partial charge in [-0.2, -0.15) is 0 Å². The normalized spacial score (nSPS) is 21.9. The molecule has 1 aliphatic rings. The van der Waals surface area contributed by atoms with E-state index in [1.165, 1.54) is 6.07 Å². The van der Waals surface area contributed by atoms with Gasteiger partial charge in [0.1, 0.15) is 11.6 Å². The average Bonchev–Trinajstić information content (AvgIpc) is 2.50. The number of rotatable bonds is 5. The van der Waals surface area contributed by atoms with E-state index in [1.807, 2.05) is 6.92 Å². The summed E-state index contributed by atoms with van der Waals surface area (Å²) in [5.41, 5.74) is 0.0920. The van der Waals surface area contributed by atoms with Gasteiger partial charge in [0.2, 0.25) is 5.91 Å². The van der Waals surface area contributed by atoms with E-state index in [4.69, 9.17) is 0 Å². The highest BCUT2D eigenvalue weighted by molar-refractivity contribution is 5.76. The van der Waals surface area contributed by atoms with Crippen molar-refractivity contribution in [2.75, 3.05) is 19.7 Å². The van der Waals surface area contributed by atoms with Crippen molar-refractivity contribution < 1.29 is 18.7 Å². The van der Waals surface area contributed by atoms with Gasteiger partial charge in [-0.25, -0.2) is 8.78 Å². The highest BCUT2D eigenvalue weighted by Gasteiger charge is 2.32. The Morgan fingerprint density at radius 1 is 1.41 bits per heavy atom. The molecular formula is C17H23F2NO2. The van der Waals surface area contributed by atoms with Crippen LogP contribution in [-0.4, -0.2) is 35.6 Å². The summed E-state index contributed by atoms with van der Waals surface area (Å²) in [5, 5.41) is 9.42. The van der Waals surface area contributed by atoms with Crippen LogP contribution in [0, 0.1) is 17.0 Å². The number of carbonyl (C=O) groups is 1. The van der Waals surface area contributed by atoms with Gasteiger partial charge in [0.25, 0.3) is 0 Å². The van der Waals surface area contributed by atoms with Crippen molar-refractivity contribution in [3.8, 4) is 0 Å². The van der Waals surface area contributed by atoms with Gasteiger partial charge in [-0.05, 0) is 49.4 Å². The summed E-state index contributed by atoms with van der Waals surface area (Å²) in [4.78, 5) is 14.0. The lowest BCUT2D eigenvalue weighted by atomic mass is 9.82. The van der Waals surface area contributed by atoms with Gasteiger partial charge in [-0.1, -0.05) is 6.92 Å². The lowest BCUT2D eigenvalue weighted by molar-refractivity contribution is -0.135. The van der Waals surface area contributed by atoms with E-state index in [1.54, 1.807) is 4.90 Å². The fourth-order valence-electron chi connectivity index (χ4n) is 2.98. The molecule has 0 bridgehead atoms. The molecule has 0 spiro atoms. The fraction of sp³-hybridized carbons (Fsp3) is 0.588. The van der Waals surface area contributed by atoms with E-state index >= 15 is 0 Å². The molecule has 1 heterocycles. The van der Waals surface area contributed by atoms with Crippen LogP contribution in [0.5, 0.6) is 0 Å². The van der Waals surface area contributed by atoms with Gasteiger partial charge >= 0.3 is 0 Å². The molecule has 1 fully saturated rings. The second kappa shape index (κ2) is 7.18. The van der Waals surface area contributed by atoms with E-state index < -0.39 is 11.6 Å². The van der Waals surface area contributed by atoms with Crippen molar-refractivity contribution in [3.63, 3.8) is 0 Å². The van der Waals surface area contributed by atoms with Crippen molar-refractivity contribution in [1.82, 2.24) is 4.90 Å². The van der Waals surface area contributed by atoms with Crippen molar-refractivity contribution in [2.24, 2.45) is 5.41 Å². The van der Waals surface area contributed by atoms with Crippen LogP contribution in [0.3, 0.4) is 0 Å². The largest absolute Gasteiger partial charge is 0.396 e. The summed E-state index contributed by atoms with van der Waals surface area (Å²) in [6.07, 6.45) is 2.96. The summed E-state index contributed by atoms with van der Waals surface area (Å²) < 4.78 is 26.6. The topological polar surface area (TPSA) is 40.5 Å². The van der Waals surface area contributed by atoms with Crippen LogP contribution in [0.1, 0.15) is 38.2 Å². The molecule has 1 unspecified atom stereocenters. The Bertz CT molecular complexity index is 535. The van der Waals surface area contributed by atoms with Gasteiger partial charge in [-0.3, -0.25) is 4.79 Å². The Kier molecular flexibility index (Phi) is 5.51. The fourth-order valence-corrected chi connectivity index (χ4v) is 2.98. The third kappa shape index (κ3) is 4.26. The summed E-state index contributed by atoms with van der Waals surface area (Å²) in [6.45, 7) is 3.33. The summed E-state index contributed by atoms with van der Waals surface area (Å²) in [7, 11) is 0. The standard InChI is InChI=1S/C17H23F2NO2/c1-17(12-21)8-3-9-20(11-17)16(22)5-2-4-13-10-14(18)6-7-15(13)19/h6-7,10,21H,2-5,8-9,11-12H2,1H3. The Morgan fingerprint density at radius 2 is 2.18 bits per heavy atom. The summed E-state index contributed by atoms with van der Waals surface area (Å²) in [6, 6.07) is 3.39. The first kappa shape index (κ1) is 16.9. The molecule has 0 saturated carbocycles. The lowest BCUT2D eigenvalue weighted by Crippen LogP contribution is -2.46. The number of carbonyl (C=O) groups excluding carboxylic acids is 1. The van der Waals surface area contributed by atoms with Crippen LogP contribution in [0.15, 0.2) is 18.2 Å². The maximum Gasteiger partial charge on any atom is 0.222 e. The maximum atomic E-state index is 13.5. The highest BCUT2D eigenvalue weighted by atomic mass is 19.1. The van der Waals surface area contributed by atoms with Gasteiger partial charge in [0, 0.05) is 24.9 Å². The van der Waals surface area contributed by atoms with Crippen molar-refractivity contribution in [2.45, 2.75) is 39.0 Å². The SMILES string of the molecule is CC1(CO)CCCN(C(=O)CCCc2cc(F)ccc2F)C1. The molecule has 5 heteroatoms.